The van der Waals surface area contributed by atoms with Crippen LogP contribution in [0.5, 0.6) is 0 Å². The number of ether oxygens (including phenoxy) is 1. The minimum Gasteiger partial charge on any atom is -0.379 e. The second-order valence-corrected chi connectivity index (χ2v) is 7.85. The van der Waals surface area contributed by atoms with Crippen LogP contribution >= 0.6 is 24.8 Å². The fourth-order valence-electron chi connectivity index (χ4n) is 4.90. The number of benzene rings is 1. The van der Waals surface area contributed by atoms with Crippen molar-refractivity contribution in [3.8, 4) is 0 Å². The number of amides is 1. The van der Waals surface area contributed by atoms with Gasteiger partial charge in [-0.25, -0.2) is 0 Å². The molecule has 3 heterocycles. The van der Waals surface area contributed by atoms with Gasteiger partial charge in [0.05, 0.1) is 19.8 Å². The van der Waals surface area contributed by atoms with Crippen molar-refractivity contribution in [2.24, 2.45) is 11.8 Å². The summed E-state index contributed by atoms with van der Waals surface area (Å²) < 4.78 is 5.38. The molecule has 1 aromatic rings. The average Bonchev–Trinajstić information content (AvgIpc) is 3.13. The molecular formula is C20H31Cl2N3O2. The summed E-state index contributed by atoms with van der Waals surface area (Å²) >= 11 is 0. The maximum atomic E-state index is 12.8. The van der Waals surface area contributed by atoms with Crippen molar-refractivity contribution in [1.29, 1.82) is 0 Å². The molecule has 0 aromatic heterocycles. The van der Waals surface area contributed by atoms with Crippen molar-refractivity contribution in [1.82, 2.24) is 14.7 Å². The SMILES string of the molecule is Cc1ccccc1[C@@H]1[C@@H]2CN(C(=O)CN3CCOCC3)C[C@@H]2CN1C.Cl.Cl. The molecule has 27 heavy (non-hydrogen) atoms. The van der Waals surface area contributed by atoms with E-state index in [2.05, 4.69) is 52.9 Å². The Labute approximate surface area is 174 Å². The van der Waals surface area contributed by atoms with Crippen LogP contribution in [0.1, 0.15) is 17.2 Å². The van der Waals surface area contributed by atoms with Gasteiger partial charge >= 0.3 is 0 Å². The van der Waals surface area contributed by atoms with Crippen molar-refractivity contribution in [2.75, 3.05) is 59.5 Å². The van der Waals surface area contributed by atoms with Gasteiger partial charge in [-0.2, -0.15) is 0 Å². The third-order valence-electron chi connectivity index (χ3n) is 6.22. The van der Waals surface area contributed by atoms with E-state index in [9.17, 15) is 4.79 Å². The molecule has 3 aliphatic heterocycles. The smallest absolute Gasteiger partial charge is 0.236 e. The molecule has 5 nitrogen and oxygen atoms in total. The zero-order valence-electron chi connectivity index (χ0n) is 16.2. The third-order valence-corrected chi connectivity index (χ3v) is 6.22. The monoisotopic (exact) mass is 415 g/mol. The zero-order chi connectivity index (χ0) is 17.4. The van der Waals surface area contributed by atoms with Crippen molar-refractivity contribution in [3.05, 3.63) is 35.4 Å². The van der Waals surface area contributed by atoms with Crippen LogP contribution in [0.2, 0.25) is 0 Å². The van der Waals surface area contributed by atoms with Gasteiger partial charge in [-0.3, -0.25) is 14.6 Å². The fourth-order valence-corrected chi connectivity index (χ4v) is 4.90. The Bertz CT molecular complexity index is 639. The number of carbonyl (C=O) groups excluding carboxylic acids is 1. The van der Waals surface area contributed by atoms with Gasteiger partial charge in [0.2, 0.25) is 5.91 Å². The quantitative estimate of drug-likeness (QED) is 0.758. The van der Waals surface area contributed by atoms with Gasteiger partial charge in [0, 0.05) is 44.7 Å². The largest absolute Gasteiger partial charge is 0.379 e. The van der Waals surface area contributed by atoms with E-state index in [1.807, 2.05) is 0 Å². The minimum absolute atomic E-state index is 0. The molecule has 7 heteroatoms. The molecule has 1 amide bonds. The predicted octanol–water partition coefficient (Wildman–Crippen LogP) is 2.23. The van der Waals surface area contributed by atoms with Gasteiger partial charge in [-0.05, 0) is 31.0 Å². The van der Waals surface area contributed by atoms with E-state index < -0.39 is 0 Å². The first-order valence-corrected chi connectivity index (χ1v) is 9.47. The Morgan fingerprint density at radius 1 is 1.11 bits per heavy atom. The summed E-state index contributed by atoms with van der Waals surface area (Å²) in [4.78, 5) is 19.6. The molecule has 0 spiro atoms. The van der Waals surface area contributed by atoms with Gasteiger partial charge < -0.3 is 9.64 Å². The first kappa shape index (κ1) is 22.4. The second kappa shape index (κ2) is 9.57. The molecule has 0 bridgehead atoms. The molecule has 3 aliphatic rings. The second-order valence-electron chi connectivity index (χ2n) is 7.85. The fraction of sp³-hybridized carbons (Fsp3) is 0.650. The molecule has 0 unspecified atom stereocenters. The molecule has 3 saturated heterocycles. The number of halogens is 2. The highest BCUT2D eigenvalue weighted by molar-refractivity contribution is 5.85. The van der Waals surface area contributed by atoms with Crippen molar-refractivity contribution in [2.45, 2.75) is 13.0 Å². The Morgan fingerprint density at radius 2 is 1.81 bits per heavy atom. The molecule has 0 N–H and O–H groups in total. The van der Waals surface area contributed by atoms with Crippen LogP contribution in [-0.4, -0.2) is 80.1 Å². The van der Waals surface area contributed by atoms with E-state index in [0.29, 0.717) is 30.3 Å². The van der Waals surface area contributed by atoms with Crippen LogP contribution in [-0.2, 0) is 9.53 Å². The van der Waals surface area contributed by atoms with Crippen LogP contribution in [0.15, 0.2) is 24.3 Å². The predicted molar refractivity (Wildman–Crippen MR) is 112 cm³/mol. The summed E-state index contributed by atoms with van der Waals surface area (Å²) in [6.45, 7) is 8.91. The Morgan fingerprint density at radius 3 is 2.52 bits per heavy atom. The molecule has 3 fully saturated rings. The van der Waals surface area contributed by atoms with Crippen LogP contribution in [0, 0.1) is 18.8 Å². The summed E-state index contributed by atoms with van der Waals surface area (Å²) in [6, 6.07) is 9.15. The summed E-state index contributed by atoms with van der Waals surface area (Å²) in [5, 5.41) is 0. The number of hydrogen-bond donors (Lipinski definition) is 0. The standard InChI is InChI=1S/C20H29N3O2.2ClH/c1-15-5-3-4-6-17(15)20-18-13-23(12-16(18)11-21(20)2)19(24)14-22-7-9-25-10-8-22;;/h3-6,16,18,20H,7-14H2,1-2H3;2*1H/t16-,18+,20+;;/m0../s1. The molecule has 152 valence electrons. The number of likely N-dealkylation sites (tertiary alicyclic amines) is 2. The average molecular weight is 416 g/mol. The number of rotatable bonds is 3. The van der Waals surface area contributed by atoms with Crippen LogP contribution in [0.4, 0.5) is 0 Å². The lowest BCUT2D eigenvalue weighted by molar-refractivity contribution is -0.132. The Balaban J connectivity index is 0.00000131. The maximum absolute atomic E-state index is 12.8. The van der Waals surface area contributed by atoms with E-state index in [0.717, 1.165) is 45.9 Å². The van der Waals surface area contributed by atoms with Crippen molar-refractivity contribution < 1.29 is 9.53 Å². The van der Waals surface area contributed by atoms with E-state index in [4.69, 9.17) is 4.74 Å². The van der Waals surface area contributed by atoms with Crippen molar-refractivity contribution in [3.63, 3.8) is 0 Å². The molecule has 0 saturated carbocycles. The molecule has 4 rings (SSSR count). The normalized spacial score (nSPS) is 28.4. The van der Waals surface area contributed by atoms with E-state index >= 15 is 0 Å². The highest BCUT2D eigenvalue weighted by Crippen LogP contribution is 2.44. The lowest BCUT2D eigenvalue weighted by atomic mass is 9.88. The number of nitrogens with zero attached hydrogens (tertiary/aromatic N) is 3. The number of carbonyl (C=O) groups is 1. The van der Waals surface area contributed by atoms with E-state index in [1.165, 1.54) is 11.1 Å². The van der Waals surface area contributed by atoms with Crippen LogP contribution < -0.4 is 0 Å². The lowest BCUT2D eigenvalue weighted by Gasteiger charge is -2.30. The Kier molecular flexibility index (Phi) is 7.95. The summed E-state index contributed by atoms with van der Waals surface area (Å²) in [5.74, 6) is 1.45. The molecule has 0 aliphatic carbocycles. The summed E-state index contributed by atoms with van der Waals surface area (Å²) in [6.07, 6.45) is 0. The highest BCUT2D eigenvalue weighted by Gasteiger charge is 2.47. The summed E-state index contributed by atoms with van der Waals surface area (Å²) in [5.41, 5.74) is 2.79. The molecule has 1 aromatic carbocycles. The van der Waals surface area contributed by atoms with Crippen molar-refractivity contribution >= 4 is 30.7 Å². The maximum Gasteiger partial charge on any atom is 0.236 e. The van der Waals surface area contributed by atoms with Gasteiger partial charge in [-0.1, -0.05) is 24.3 Å². The minimum atomic E-state index is 0. The highest BCUT2D eigenvalue weighted by atomic mass is 35.5. The number of morpholine rings is 1. The zero-order valence-corrected chi connectivity index (χ0v) is 17.8. The topological polar surface area (TPSA) is 36.0 Å². The van der Waals surface area contributed by atoms with Gasteiger partial charge in [0.25, 0.3) is 0 Å². The lowest BCUT2D eigenvalue weighted by Crippen LogP contribution is -2.44. The number of fused-ring (bicyclic) bond motifs is 1. The first-order valence-electron chi connectivity index (χ1n) is 9.47. The molecular weight excluding hydrogens is 385 g/mol. The van der Waals surface area contributed by atoms with E-state index in [1.54, 1.807) is 0 Å². The number of hydrogen-bond acceptors (Lipinski definition) is 4. The Hall–Kier alpha value is -0.850. The van der Waals surface area contributed by atoms with Gasteiger partial charge in [0.15, 0.2) is 0 Å². The number of aryl methyl sites for hydroxylation is 1. The first-order chi connectivity index (χ1) is 12.1. The third kappa shape index (κ3) is 4.60. The molecule has 0 radical (unpaired) electrons. The van der Waals surface area contributed by atoms with Gasteiger partial charge in [0.1, 0.15) is 0 Å². The van der Waals surface area contributed by atoms with Gasteiger partial charge in [-0.15, -0.1) is 24.8 Å². The van der Waals surface area contributed by atoms with Crippen LogP contribution in [0.25, 0.3) is 0 Å². The van der Waals surface area contributed by atoms with E-state index in [-0.39, 0.29) is 24.8 Å². The molecule has 3 atom stereocenters. The van der Waals surface area contributed by atoms with Crippen LogP contribution in [0.3, 0.4) is 0 Å². The summed E-state index contributed by atoms with van der Waals surface area (Å²) in [7, 11) is 2.23.